The SMILES string of the molecule is CCn1nc(C(=O)N(CC2CCCO2)c2nc3c(OC)ccc(OC)c3s2)cc1C. The summed E-state index contributed by atoms with van der Waals surface area (Å²) in [7, 11) is 3.23. The Labute approximate surface area is 179 Å². The van der Waals surface area contributed by atoms with Crippen molar-refractivity contribution in [1.82, 2.24) is 14.8 Å². The summed E-state index contributed by atoms with van der Waals surface area (Å²) in [5.41, 5.74) is 2.04. The van der Waals surface area contributed by atoms with Crippen molar-refractivity contribution in [2.24, 2.45) is 0 Å². The van der Waals surface area contributed by atoms with Crippen molar-refractivity contribution >= 4 is 32.6 Å². The minimum atomic E-state index is -0.183. The standard InChI is InChI=1S/C21H26N4O4S/c1-5-25-13(2)11-15(23-25)20(26)24(12-14-7-6-10-29-14)21-22-18-16(27-3)8-9-17(28-4)19(18)30-21/h8-9,11,14H,5-7,10,12H2,1-4H3. The van der Waals surface area contributed by atoms with E-state index in [0.717, 1.165) is 29.8 Å². The van der Waals surface area contributed by atoms with Gasteiger partial charge >= 0.3 is 0 Å². The smallest absolute Gasteiger partial charge is 0.280 e. The van der Waals surface area contributed by atoms with Gasteiger partial charge in [-0.3, -0.25) is 14.4 Å². The monoisotopic (exact) mass is 430 g/mol. The zero-order valence-electron chi connectivity index (χ0n) is 17.7. The van der Waals surface area contributed by atoms with Crippen LogP contribution in [-0.4, -0.2) is 54.1 Å². The van der Waals surface area contributed by atoms with Crippen molar-refractivity contribution in [2.45, 2.75) is 39.3 Å². The number of thiazole rings is 1. The molecule has 0 saturated carbocycles. The number of nitrogens with zero attached hydrogens (tertiary/aromatic N) is 4. The summed E-state index contributed by atoms with van der Waals surface area (Å²) in [4.78, 5) is 19.9. The Morgan fingerprint density at radius 1 is 1.33 bits per heavy atom. The molecule has 9 heteroatoms. The Bertz CT molecular complexity index is 1010. The van der Waals surface area contributed by atoms with E-state index >= 15 is 0 Å². The van der Waals surface area contributed by atoms with Crippen molar-refractivity contribution in [1.29, 1.82) is 0 Å². The summed E-state index contributed by atoms with van der Waals surface area (Å²) in [6.45, 7) is 5.81. The van der Waals surface area contributed by atoms with Gasteiger partial charge < -0.3 is 14.2 Å². The molecule has 1 aromatic carbocycles. The van der Waals surface area contributed by atoms with Gasteiger partial charge in [0, 0.05) is 18.8 Å². The van der Waals surface area contributed by atoms with Gasteiger partial charge in [0.1, 0.15) is 21.7 Å². The van der Waals surface area contributed by atoms with E-state index in [2.05, 4.69) is 5.10 Å². The minimum absolute atomic E-state index is 0.0147. The number of anilines is 1. The number of carbonyl (C=O) groups is 1. The van der Waals surface area contributed by atoms with Crippen LogP contribution < -0.4 is 14.4 Å². The molecule has 0 spiro atoms. The van der Waals surface area contributed by atoms with Gasteiger partial charge in [0.15, 0.2) is 10.8 Å². The Morgan fingerprint density at radius 3 is 2.73 bits per heavy atom. The normalized spacial score (nSPS) is 16.2. The van der Waals surface area contributed by atoms with Crippen LogP contribution in [0.2, 0.25) is 0 Å². The van der Waals surface area contributed by atoms with Crippen LogP contribution in [0.3, 0.4) is 0 Å². The van der Waals surface area contributed by atoms with E-state index < -0.39 is 0 Å². The van der Waals surface area contributed by atoms with Gasteiger partial charge in [0.05, 0.1) is 26.9 Å². The molecule has 30 heavy (non-hydrogen) atoms. The number of hydrogen-bond acceptors (Lipinski definition) is 7. The van der Waals surface area contributed by atoms with Crippen molar-refractivity contribution in [3.05, 3.63) is 29.6 Å². The van der Waals surface area contributed by atoms with E-state index in [4.69, 9.17) is 19.2 Å². The van der Waals surface area contributed by atoms with Crippen LogP contribution in [0.5, 0.6) is 11.5 Å². The summed E-state index contributed by atoms with van der Waals surface area (Å²) < 4.78 is 19.5. The Balaban J connectivity index is 1.78. The van der Waals surface area contributed by atoms with E-state index in [1.807, 2.05) is 36.7 Å². The van der Waals surface area contributed by atoms with Crippen molar-refractivity contribution in [2.75, 3.05) is 32.3 Å². The molecule has 1 fully saturated rings. The number of fused-ring (bicyclic) bond motifs is 1. The van der Waals surface area contributed by atoms with Gasteiger partial charge in [-0.2, -0.15) is 5.10 Å². The van der Waals surface area contributed by atoms with Gasteiger partial charge in [-0.15, -0.1) is 0 Å². The number of rotatable bonds is 7. The highest BCUT2D eigenvalue weighted by Gasteiger charge is 2.29. The lowest BCUT2D eigenvalue weighted by molar-refractivity contribution is 0.0912. The van der Waals surface area contributed by atoms with Crippen LogP contribution in [0.4, 0.5) is 5.13 Å². The first kappa shape index (κ1) is 20.6. The first-order valence-electron chi connectivity index (χ1n) is 10.0. The van der Waals surface area contributed by atoms with Gasteiger partial charge in [-0.25, -0.2) is 4.98 Å². The molecule has 1 amide bonds. The molecule has 3 heterocycles. The second kappa shape index (κ2) is 8.61. The number of ether oxygens (including phenoxy) is 3. The van der Waals surface area contributed by atoms with Crippen molar-refractivity contribution < 1.29 is 19.0 Å². The topological polar surface area (TPSA) is 78.7 Å². The van der Waals surface area contributed by atoms with E-state index in [1.54, 1.807) is 19.1 Å². The third-order valence-corrected chi connectivity index (χ3v) is 6.38. The highest BCUT2D eigenvalue weighted by Crippen LogP contribution is 2.40. The van der Waals surface area contributed by atoms with Gasteiger partial charge in [-0.1, -0.05) is 11.3 Å². The van der Waals surface area contributed by atoms with Crippen molar-refractivity contribution in [3.63, 3.8) is 0 Å². The minimum Gasteiger partial charge on any atom is -0.495 e. The fourth-order valence-electron chi connectivity index (χ4n) is 3.70. The lowest BCUT2D eigenvalue weighted by Crippen LogP contribution is -2.37. The van der Waals surface area contributed by atoms with Gasteiger partial charge in [0.25, 0.3) is 5.91 Å². The lowest BCUT2D eigenvalue weighted by atomic mass is 10.2. The van der Waals surface area contributed by atoms with Crippen LogP contribution in [0.1, 0.15) is 35.9 Å². The number of methoxy groups -OCH3 is 2. The number of benzene rings is 1. The van der Waals surface area contributed by atoms with Crippen molar-refractivity contribution in [3.8, 4) is 11.5 Å². The third kappa shape index (κ3) is 3.75. The Kier molecular flexibility index (Phi) is 5.92. The Morgan fingerprint density at radius 2 is 2.10 bits per heavy atom. The molecule has 1 unspecified atom stereocenters. The summed E-state index contributed by atoms with van der Waals surface area (Å²) in [5.74, 6) is 1.16. The zero-order valence-corrected chi connectivity index (χ0v) is 18.5. The molecule has 8 nitrogen and oxygen atoms in total. The number of amides is 1. The summed E-state index contributed by atoms with van der Waals surface area (Å²) in [6, 6.07) is 5.49. The molecule has 4 rings (SSSR count). The molecule has 160 valence electrons. The number of hydrogen-bond donors (Lipinski definition) is 0. The Hall–Kier alpha value is -2.65. The third-order valence-electron chi connectivity index (χ3n) is 5.29. The first-order chi connectivity index (χ1) is 14.5. The fourth-order valence-corrected chi connectivity index (χ4v) is 4.78. The molecule has 1 aliphatic rings. The maximum absolute atomic E-state index is 13.5. The molecule has 0 bridgehead atoms. The number of carbonyl (C=O) groups excluding carboxylic acids is 1. The average Bonchev–Trinajstić information content (AvgIpc) is 3.50. The molecular formula is C21H26N4O4S. The molecule has 1 aliphatic heterocycles. The summed E-state index contributed by atoms with van der Waals surface area (Å²) in [6.07, 6.45) is 1.90. The molecule has 2 aromatic heterocycles. The van der Waals surface area contributed by atoms with E-state index in [9.17, 15) is 4.79 Å². The molecule has 1 atom stereocenters. The first-order valence-corrected chi connectivity index (χ1v) is 10.9. The van der Waals surface area contributed by atoms with Crippen LogP contribution in [0.15, 0.2) is 18.2 Å². The van der Waals surface area contributed by atoms with Gasteiger partial charge in [0.2, 0.25) is 0 Å². The molecule has 1 saturated heterocycles. The predicted octanol–water partition coefficient (Wildman–Crippen LogP) is 3.66. The largest absolute Gasteiger partial charge is 0.495 e. The van der Waals surface area contributed by atoms with Crippen LogP contribution in [0.25, 0.3) is 10.2 Å². The molecule has 0 N–H and O–H groups in total. The summed E-state index contributed by atoms with van der Waals surface area (Å²) >= 11 is 1.41. The number of aromatic nitrogens is 3. The second-order valence-corrected chi connectivity index (χ2v) is 8.16. The maximum atomic E-state index is 13.5. The molecule has 0 aliphatic carbocycles. The van der Waals surface area contributed by atoms with Gasteiger partial charge in [-0.05, 0) is 44.9 Å². The second-order valence-electron chi connectivity index (χ2n) is 7.18. The van der Waals surface area contributed by atoms with Crippen LogP contribution in [-0.2, 0) is 11.3 Å². The quantitative estimate of drug-likeness (QED) is 0.569. The van der Waals surface area contributed by atoms with E-state index in [1.165, 1.54) is 11.3 Å². The lowest BCUT2D eigenvalue weighted by Gasteiger charge is -2.22. The average molecular weight is 431 g/mol. The summed E-state index contributed by atoms with van der Waals surface area (Å²) in [5, 5.41) is 5.06. The highest BCUT2D eigenvalue weighted by atomic mass is 32.1. The zero-order chi connectivity index (χ0) is 21.3. The van der Waals surface area contributed by atoms with E-state index in [-0.39, 0.29) is 12.0 Å². The molecular weight excluding hydrogens is 404 g/mol. The maximum Gasteiger partial charge on any atom is 0.280 e. The van der Waals surface area contributed by atoms with Crippen LogP contribution >= 0.6 is 11.3 Å². The molecule has 3 aromatic rings. The predicted molar refractivity (Wildman–Crippen MR) is 116 cm³/mol. The molecule has 0 radical (unpaired) electrons. The number of aryl methyl sites for hydroxylation is 2. The van der Waals surface area contributed by atoms with Crippen LogP contribution in [0, 0.1) is 6.92 Å². The fraction of sp³-hybridized carbons (Fsp3) is 0.476. The highest BCUT2D eigenvalue weighted by molar-refractivity contribution is 7.22. The van der Waals surface area contributed by atoms with E-state index in [0.29, 0.717) is 40.9 Å².